The van der Waals surface area contributed by atoms with E-state index in [1.165, 1.54) is 30.2 Å². The van der Waals surface area contributed by atoms with Crippen LogP contribution in [-0.4, -0.2) is 35.9 Å². The van der Waals surface area contributed by atoms with Gasteiger partial charge >= 0.3 is 0 Å². The third kappa shape index (κ3) is 5.49. The number of aromatic nitrogens is 2. The fourth-order valence-electron chi connectivity index (χ4n) is 3.36. The van der Waals surface area contributed by atoms with Crippen molar-refractivity contribution < 1.29 is 9.13 Å². The van der Waals surface area contributed by atoms with Crippen LogP contribution in [0.2, 0.25) is 0 Å². The van der Waals surface area contributed by atoms with Gasteiger partial charge in [-0.1, -0.05) is 6.07 Å². The van der Waals surface area contributed by atoms with Crippen LogP contribution in [0.5, 0.6) is 5.75 Å². The highest BCUT2D eigenvalue weighted by Gasteiger charge is 2.22. The van der Waals surface area contributed by atoms with Gasteiger partial charge in [-0.25, -0.2) is 4.39 Å². The number of rotatable bonds is 8. The van der Waals surface area contributed by atoms with Crippen molar-refractivity contribution in [3.05, 3.63) is 46.5 Å². The van der Waals surface area contributed by atoms with Crippen LogP contribution in [-0.2, 0) is 13.5 Å². The third-order valence-electron chi connectivity index (χ3n) is 5.53. The number of ether oxygens (including phenoxy) is 1. The lowest BCUT2D eigenvalue weighted by molar-refractivity contribution is 0.285. The molecule has 1 aromatic heterocycles. The highest BCUT2D eigenvalue weighted by atomic mass is 19.1. The maximum absolute atomic E-state index is 14.4. The van der Waals surface area contributed by atoms with Crippen LogP contribution in [0.1, 0.15) is 48.3 Å². The molecule has 1 heterocycles. The Morgan fingerprint density at radius 3 is 2.72 bits per heavy atom. The van der Waals surface area contributed by atoms with Gasteiger partial charge in [-0.3, -0.25) is 9.67 Å². The quantitative estimate of drug-likeness (QED) is 0.525. The molecule has 0 spiro atoms. The second-order valence-corrected chi connectivity index (χ2v) is 7.83. The van der Waals surface area contributed by atoms with E-state index in [1.54, 1.807) is 13.1 Å². The van der Waals surface area contributed by atoms with Gasteiger partial charge in [-0.05, 0) is 69.2 Å². The lowest BCUT2D eigenvalue weighted by atomic mass is 10.1. The molecular weight excluding hydrogens is 369 g/mol. The van der Waals surface area contributed by atoms with Crippen molar-refractivity contribution in [2.75, 3.05) is 20.2 Å². The zero-order valence-corrected chi connectivity index (χ0v) is 18.1. The summed E-state index contributed by atoms with van der Waals surface area (Å²) >= 11 is 0. The molecule has 0 saturated heterocycles. The van der Waals surface area contributed by atoms with Crippen molar-refractivity contribution in [1.29, 1.82) is 0 Å². The molecule has 2 N–H and O–H groups in total. The van der Waals surface area contributed by atoms with Crippen LogP contribution in [0.4, 0.5) is 4.39 Å². The van der Waals surface area contributed by atoms with Gasteiger partial charge < -0.3 is 15.4 Å². The van der Waals surface area contributed by atoms with Crippen LogP contribution in [0.15, 0.2) is 23.2 Å². The summed E-state index contributed by atoms with van der Waals surface area (Å²) in [6, 6.07) is 5.07. The molecule has 3 rings (SSSR count). The van der Waals surface area contributed by atoms with E-state index in [-0.39, 0.29) is 11.9 Å². The van der Waals surface area contributed by atoms with Crippen molar-refractivity contribution in [3.8, 4) is 5.75 Å². The standard InChI is InChI=1S/C22H32FN5O/c1-14(18-8-9-21(20(23)12-18)29-13-17-6-7-17)26-22(24-4)25-11-10-19-15(2)27-28(5)16(19)3/h8-9,12,14,17H,6-7,10-11,13H2,1-5H3,(H2,24,25,26). The first-order valence-electron chi connectivity index (χ1n) is 10.3. The number of aryl methyl sites for hydroxylation is 2. The number of hydrogen-bond acceptors (Lipinski definition) is 3. The molecule has 1 fully saturated rings. The molecule has 1 unspecified atom stereocenters. The average molecular weight is 402 g/mol. The molecule has 6 nitrogen and oxygen atoms in total. The van der Waals surface area contributed by atoms with E-state index >= 15 is 0 Å². The fourth-order valence-corrected chi connectivity index (χ4v) is 3.36. The van der Waals surface area contributed by atoms with Gasteiger partial charge in [0, 0.05) is 26.3 Å². The predicted molar refractivity (Wildman–Crippen MR) is 114 cm³/mol. The van der Waals surface area contributed by atoms with E-state index in [4.69, 9.17) is 4.74 Å². The number of guanidine groups is 1. The summed E-state index contributed by atoms with van der Waals surface area (Å²) in [4.78, 5) is 4.29. The summed E-state index contributed by atoms with van der Waals surface area (Å²) in [5.74, 6) is 1.30. The number of halogens is 1. The maximum atomic E-state index is 14.4. The number of nitrogens with one attached hydrogen (secondary N) is 2. The SMILES string of the molecule is CN=C(NCCc1c(C)nn(C)c1C)NC(C)c1ccc(OCC2CC2)c(F)c1. The predicted octanol–water partition coefficient (Wildman–Crippen LogP) is 3.43. The van der Waals surface area contributed by atoms with Gasteiger partial charge in [-0.15, -0.1) is 0 Å². The van der Waals surface area contributed by atoms with Gasteiger partial charge in [0.2, 0.25) is 0 Å². The maximum Gasteiger partial charge on any atom is 0.191 e. The van der Waals surface area contributed by atoms with Gasteiger partial charge in [0.1, 0.15) is 0 Å². The molecule has 1 atom stereocenters. The van der Waals surface area contributed by atoms with Gasteiger partial charge in [0.15, 0.2) is 17.5 Å². The van der Waals surface area contributed by atoms with Gasteiger partial charge in [-0.2, -0.15) is 5.10 Å². The molecule has 2 aromatic rings. The fraction of sp³-hybridized carbons (Fsp3) is 0.545. The van der Waals surface area contributed by atoms with Crippen LogP contribution in [0, 0.1) is 25.6 Å². The molecule has 29 heavy (non-hydrogen) atoms. The summed E-state index contributed by atoms with van der Waals surface area (Å²) in [5.41, 5.74) is 4.35. The zero-order valence-electron chi connectivity index (χ0n) is 18.1. The number of benzene rings is 1. The zero-order chi connectivity index (χ0) is 21.0. The molecule has 0 amide bonds. The van der Waals surface area contributed by atoms with E-state index in [0.29, 0.717) is 24.2 Å². The third-order valence-corrected chi connectivity index (χ3v) is 5.53. The van der Waals surface area contributed by atoms with Crippen molar-refractivity contribution in [3.63, 3.8) is 0 Å². The molecule has 158 valence electrons. The normalized spacial score (nSPS) is 15.3. The summed E-state index contributed by atoms with van der Waals surface area (Å²) in [7, 11) is 3.70. The van der Waals surface area contributed by atoms with Crippen molar-refractivity contribution in [2.45, 2.75) is 46.1 Å². The summed E-state index contributed by atoms with van der Waals surface area (Å²) in [5, 5.41) is 11.1. The monoisotopic (exact) mass is 401 g/mol. The molecule has 1 aliphatic carbocycles. The van der Waals surface area contributed by atoms with Crippen molar-refractivity contribution in [2.24, 2.45) is 18.0 Å². The van der Waals surface area contributed by atoms with E-state index in [1.807, 2.05) is 31.6 Å². The molecule has 0 bridgehead atoms. The van der Waals surface area contributed by atoms with Crippen LogP contribution in [0.3, 0.4) is 0 Å². The molecule has 1 aromatic carbocycles. The molecule has 7 heteroatoms. The Bertz CT molecular complexity index is 872. The number of hydrogen-bond donors (Lipinski definition) is 2. The van der Waals surface area contributed by atoms with Crippen LogP contribution >= 0.6 is 0 Å². The summed E-state index contributed by atoms with van der Waals surface area (Å²) < 4.78 is 21.8. The Morgan fingerprint density at radius 2 is 2.14 bits per heavy atom. The van der Waals surface area contributed by atoms with Crippen molar-refractivity contribution >= 4 is 5.96 Å². The molecule has 1 saturated carbocycles. The van der Waals surface area contributed by atoms with Crippen molar-refractivity contribution in [1.82, 2.24) is 20.4 Å². The minimum atomic E-state index is -0.317. The Balaban J connectivity index is 1.52. The minimum absolute atomic E-state index is 0.0879. The first-order chi connectivity index (χ1) is 13.9. The molecule has 1 aliphatic rings. The van der Waals surface area contributed by atoms with E-state index in [2.05, 4.69) is 27.6 Å². The highest BCUT2D eigenvalue weighted by Crippen LogP contribution is 2.30. The van der Waals surface area contributed by atoms with E-state index in [9.17, 15) is 4.39 Å². The lowest BCUT2D eigenvalue weighted by Gasteiger charge is -2.19. The summed E-state index contributed by atoms with van der Waals surface area (Å²) in [6.07, 6.45) is 3.24. The lowest BCUT2D eigenvalue weighted by Crippen LogP contribution is -2.39. The van der Waals surface area contributed by atoms with Gasteiger partial charge in [0.05, 0.1) is 18.3 Å². The molecule has 0 aliphatic heterocycles. The largest absolute Gasteiger partial charge is 0.490 e. The highest BCUT2D eigenvalue weighted by molar-refractivity contribution is 5.80. The summed E-state index contributed by atoms with van der Waals surface area (Å²) in [6.45, 7) is 7.45. The smallest absolute Gasteiger partial charge is 0.191 e. The van der Waals surface area contributed by atoms with E-state index in [0.717, 1.165) is 24.2 Å². The number of nitrogens with zero attached hydrogens (tertiary/aromatic N) is 3. The number of aliphatic imine (C=N–C) groups is 1. The van der Waals surface area contributed by atoms with Crippen LogP contribution in [0.25, 0.3) is 0 Å². The Hall–Kier alpha value is -2.57. The molecule has 0 radical (unpaired) electrons. The Kier molecular flexibility index (Phi) is 6.77. The van der Waals surface area contributed by atoms with Crippen LogP contribution < -0.4 is 15.4 Å². The second kappa shape index (κ2) is 9.29. The Labute approximate surface area is 172 Å². The topological polar surface area (TPSA) is 63.5 Å². The first-order valence-corrected chi connectivity index (χ1v) is 10.3. The molecular formula is C22H32FN5O. The average Bonchev–Trinajstić information content (AvgIpc) is 3.49. The van der Waals surface area contributed by atoms with E-state index < -0.39 is 0 Å². The first kappa shape index (κ1) is 21.1. The Morgan fingerprint density at radius 1 is 1.38 bits per heavy atom. The second-order valence-electron chi connectivity index (χ2n) is 7.83. The minimum Gasteiger partial charge on any atom is -0.490 e. The van der Waals surface area contributed by atoms with Gasteiger partial charge in [0.25, 0.3) is 0 Å².